The number of benzene rings is 1. The van der Waals surface area contributed by atoms with Gasteiger partial charge in [-0.1, -0.05) is 30.3 Å². The highest BCUT2D eigenvalue weighted by Gasteiger charge is 2.17. The first-order valence-electron chi connectivity index (χ1n) is 6.73. The third kappa shape index (κ3) is 4.77. The first-order chi connectivity index (χ1) is 9.04. The molecule has 0 spiro atoms. The molecule has 1 aromatic heterocycles. The van der Waals surface area contributed by atoms with Crippen molar-refractivity contribution in [2.45, 2.75) is 38.6 Å². The Morgan fingerprint density at radius 2 is 1.95 bits per heavy atom. The fourth-order valence-corrected chi connectivity index (χ4v) is 2.72. The molecule has 0 saturated carbocycles. The van der Waals surface area contributed by atoms with Crippen LogP contribution in [0, 0.1) is 0 Å². The highest BCUT2D eigenvalue weighted by molar-refractivity contribution is 7.09. The van der Waals surface area contributed by atoms with Crippen molar-refractivity contribution < 1.29 is 0 Å². The molecule has 2 rings (SSSR count). The fraction of sp³-hybridized carbons (Fsp3) is 0.438. The summed E-state index contributed by atoms with van der Waals surface area (Å²) in [4.78, 5) is 4.42. The Labute approximate surface area is 119 Å². The predicted molar refractivity (Wildman–Crippen MR) is 82.8 cm³/mol. The molecule has 2 aromatic rings. The molecule has 1 atom stereocenters. The molecule has 0 amide bonds. The summed E-state index contributed by atoms with van der Waals surface area (Å²) in [6, 6.07) is 10.7. The van der Waals surface area contributed by atoms with Crippen molar-refractivity contribution in [1.82, 2.24) is 10.3 Å². The number of rotatable bonds is 5. The molecule has 0 radical (unpaired) electrons. The second-order valence-corrected chi connectivity index (χ2v) is 6.85. The molecule has 2 nitrogen and oxygen atoms in total. The van der Waals surface area contributed by atoms with Crippen LogP contribution in [0.4, 0.5) is 0 Å². The van der Waals surface area contributed by atoms with Gasteiger partial charge >= 0.3 is 0 Å². The third-order valence-electron chi connectivity index (χ3n) is 3.05. The van der Waals surface area contributed by atoms with Gasteiger partial charge in [-0.3, -0.25) is 0 Å². The minimum absolute atomic E-state index is 0.149. The minimum atomic E-state index is 0.149. The highest BCUT2D eigenvalue weighted by atomic mass is 32.1. The van der Waals surface area contributed by atoms with Crippen molar-refractivity contribution in [3.05, 3.63) is 52.5 Å². The number of hydrogen-bond acceptors (Lipinski definition) is 3. The third-order valence-corrected chi connectivity index (χ3v) is 3.86. The zero-order chi connectivity index (χ0) is 13.7. The quantitative estimate of drug-likeness (QED) is 0.895. The maximum atomic E-state index is 4.42. The van der Waals surface area contributed by atoms with Gasteiger partial charge in [0.1, 0.15) is 0 Å². The van der Waals surface area contributed by atoms with Gasteiger partial charge < -0.3 is 5.32 Å². The van der Waals surface area contributed by atoms with Gasteiger partial charge in [0.25, 0.3) is 0 Å². The van der Waals surface area contributed by atoms with Crippen LogP contribution in [-0.4, -0.2) is 17.1 Å². The van der Waals surface area contributed by atoms with E-state index in [-0.39, 0.29) is 5.54 Å². The number of thiazole rings is 1. The SMILES string of the molecule is CC(C)(C)NCC(Cc1nccs1)c1ccccc1. The van der Waals surface area contributed by atoms with Gasteiger partial charge in [-0.15, -0.1) is 11.3 Å². The van der Waals surface area contributed by atoms with E-state index in [1.54, 1.807) is 11.3 Å². The summed E-state index contributed by atoms with van der Waals surface area (Å²) in [5, 5.41) is 6.87. The lowest BCUT2D eigenvalue weighted by atomic mass is 9.94. The van der Waals surface area contributed by atoms with Gasteiger partial charge in [0.05, 0.1) is 5.01 Å². The Morgan fingerprint density at radius 3 is 2.53 bits per heavy atom. The van der Waals surface area contributed by atoms with Crippen LogP contribution in [0.3, 0.4) is 0 Å². The van der Waals surface area contributed by atoms with Crippen molar-refractivity contribution in [3.8, 4) is 0 Å². The molecule has 1 aromatic carbocycles. The Morgan fingerprint density at radius 1 is 1.21 bits per heavy atom. The summed E-state index contributed by atoms with van der Waals surface area (Å²) in [5.74, 6) is 0.478. The van der Waals surface area contributed by atoms with Crippen molar-refractivity contribution in [2.75, 3.05) is 6.54 Å². The Hall–Kier alpha value is -1.19. The zero-order valence-electron chi connectivity index (χ0n) is 11.9. The van der Waals surface area contributed by atoms with Gasteiger partial charge in [0.15, 0.2) is 0 Å². The normalized spacial score (nSPS) is 13.4. The predicted octanol–water partition coefficient (Wildman–Crippen LogP) is 3.86. The average Bonchev–Trinajstić information content (AvgIpc) is 2.87. The van der Waals surface area contributed by atoms with Crippen molar-refractivity contribution in [1.29, 1.82) is 0 Å². The fourth-order valence-electron chi connectivity index (χ4n) is 2.03. The second kappa shape index (κ2) is 6.31. The molecule has 102 valence electrons. The lowest BCUT2D eigenvalue weighted by molar-refractivity contribution is 0.405. The Kier molecular flexibility index (Phi) is 4.72. The number of aromatic nitrogens is 1. The van der Waals surface area contributed by atoms with Crippen LogP contribution in [0.25, 0.3) is 0 Å². The van der Waals surface area contributed by atoms with Crippen molar-refractivity contribution >= 4 is 11.3 Å². The summed E-state index contributed by atoms with van der Waals surface area (Å²) < 4.78 is 0. The van der Waals surface area contributed by atoms with Crippen LogP contribution >= 0.6 is 11.3 Å². The van der Waals surface area contributed by atoms with E-state index in [0.717, 1.165) is 13.0 Å². The molecule has 1 heterocycles. The van der Waals surface area contributed by atoms with Crippen LogP contribution in [0.2, 0.25) is 0 Å². The van der Waals surface area contributed by atoms with Gasteiger partial charge in [0.2, 0.25) is 0 Å². The van der Waals surface area contributed by atoms with Gasteiger partial charge in [0, 0.05) is 36.0 Å². The first kappa shape index (κ1) is 14.2. The molecule has 0 bridgehead atoms. The molecular formula is C16H22N2S. The second-order valence-electron chi connectivity index (χ2n) is 5.87. The van der Waals surface area contributed by atoms with Crippen molar-refractivity contribution in [3.63, 3.8) is 0 Å². The van der Waals surface area contributed by atoms with Gasteiger partial charge in [-0.2, -0.15) is 0 Å². The van der Waals surface area contributed by atoms with E-state index in [4.69, 9.17) is 0 Å². The monoisotopic (exact) mass is 274 g/mol. The smallest absolute Gasteiger partial charge is 0.0931 e. The summed E-state index contributed by atoms with van der Waals surface area (Å²) >= 11 is 1.74. The standard InChI is InChI=1S/C16H22N2S/c1-16(2,3)18-12-14(11-15-17-9-10-19-15)13-7-5-4-6-8-13/h4-10,14,18H,11-12H2,1-3H3. The molecule has 1 N–H and O–H groups in total. The average molecular weight is 274 g/mol. The molecule has 3 heteroatoms. The maximum Gasteiger partial charge on any atom is 0.0931 e. The van der Waals surface area contributed by atoms with E-state index in [2.05, 4.69) is 66.8 Å². The summed E-state index contributed by atoms with van der Waals surface area (Å²) in [7, 11) is 0. The largest absolute Gasteiger partial charge is 0.311 e. The van der Waals surface area contributed by atoms with E-state index in [0.29, 0.717) is 5.92 Å². The van der Waals surface area contributed by atoms with Crippen LogP contribution in [0.15, 0.2) is 41.9 Å². The first-order valence-corrected chi connectivity index (χ1v) is 7.61. The van der Waals surface area contributed by atoms with E-state index >= 15 is 0 Å². The molecule has 19 heavy (non-hydrogen) atoms. The Bertz CT molecular complexity index is 471. The zero-order valence-corrected chi connectivity index (χ0v) is 12.7. The van der Waals surface area contributed by atoms with Crippen LogP contribution in [-0.2, 0) is 6.42 Å². The molecular weight excluding hydrogens is 252 g/mol. The van der Waals surface area contributed by atoms with E-state index in [1.807, 2.05) is 6.20 Å². The Balaban J connectivity index is 2.09. The topological polar surface area (TPSA) is 24.9 Å². The van der Waals surface area contributed by atoms with E-state index in [1.165, 1.54) is 10.6 Å². The van der Waals surface area contributed by atoms with Crippen molar-refractivity contribution in [2.24, 2.45) is 0 Å². The number of nitrogens with one attached hydrogen (secondary N) is 1. The highest BCUT2D eigenvalue weighted by Crippen LogP contribution is 2.22. The van der Waals surface area contributed by atoms with Gasteiger partial charge in [-0.05, 0) is 26.3 Å². The molecule has 1 unspecified atom stereocenters. The number of hydrogen-bond donors (Lipinski definition) is 1. The van der Waals surface area contributed by atoms with Gasteiger partial charge in [-0.25, -0.2) is 4.98 Å². The van der Waals surface area contributed by atoms with E-state index < -0.39 is 0 Å². The van der Waals surface area contributed by atoms with E-state index in [9.17, 15) is 0 Å². The summed E-state index contributed by atoms with van der Waals surface area (Å²) in [6.07, 6.45) is 2.89. The molecule has 0 fully saturated rings. The summed E-state index contributed by atoms with van der Waals surface area (Å²) in [6.45, 7) is 7.60. The van der Waals surface area contributed by atoms with Crippen LogP contribution < -0.4 is 5.32 Å². The van der Waals surface area contributed by atoms with Crippen LogP contribution in [0.5, 0.6) is 0 Å². The molecule has 0 aliphatic heterocycles. The summed E-state index contributed by atoms with van der Waals surface area (Å²) in [5.41, 5.74) is 1.53. The number of nitrogens with zero attached hydrogens (tertiary/aromatic N) is 1. The van der Waals surface area contributed by atoms with Crippen LogP contribution in [0.1, 0.15) is 37.3 Å². The lowest BCUT2D eigenvalue weighted by Crippen LogP contribution is -2.39. The lowest BCUT2D eigenvalue weighted by Gasteiger charge is -2.25. The molecule has 0 aliphatic carbocycles. The minimum Gasteiger partial charge on any atom is -0.311 e. The molecule has 0 saturated heterocycles. The maximum absolute atomic E-state index is 4.42. The molecule has 0 aliphatic rings.